The van der Waals surface area contributed by atoms with Crippen molar-refractivity contribution in [2.75, 3.05) is 12.4 Å². The number of hydrogen-bond acceptors (Lipinski definition) is 2. The maximum atomic E-state index is 11.2. The van der Waals surface area contributed by atoms with Crippen LogP contribution in [0.25, 0.3) is 0 Å². The Kier molecular flexibility index (Phi) is 7.71. The third kappa shape index (κ3) is 6.27. The molecule has 0 spiro atoms. The Morgan fingerprint density at radius 3 is 2.53 bits per heavy atom. The van der Waals surface area contributed by atoms with E-state index in [1.807, 2.05) is 18.2 Å². The van der Waals surface area contributed by atoms with Gasteiger partial charge in [-0.2, -0.15) is 0 Å². The molecule has 0 bridgehead atoms. The molecule has 0 aromatic heterocycles. The van der Waals surface area contributed by atoms with Crippen molar-refractivity contribution in [1.29, 1.82) is 0 Å². The van der Waals surface area contributed by atoms with Crippen LogP contribution in [0.4, 0.5) is 10.5 Å². The quantitative estimate of drug-likeness (QED) is 0.686. The molecule has 0 unspecified atom stereocenters. The molecule has 0 aliphatic heterocycles. The summed E-state index contributed by atoms with van der Waals surface area (Å²) in [7, 11) is 1.38. The Bertz CT molecular complexity index is 377. The van der Waals surface area contributed by atoms with Gasteiger partial charge in [-0.3, -0.25) is 5.32 Å². The standard InChI is InChI=1S/C16H25NO2/c1-3-4-5-6-7-8-11-14-12-9-10-13-15(14)17-16(18)19-2/h9-10,12-13H,3-8,11H2,1-2H3,(H,17,18). The van der Waals surface area contributed by atoms with E-state index in [0.29, 0.717) is 0 Å². The number of rotatable bonds is 8. The van der Waals surface area contributed by atoms with E-state index in [9.17, 15) is 4.79 Å². The molecule has 1 amide bonds. The van der Waals surface area contributed by atoms with Gasteiger partial charge in [0, 0.05) is 5.69 Å². The van der Waals surface area contributed by atoms with Crippen LogP contribution in [-0.2, 0) is 11.2 Å². The molecular weight excluding hydrogens is 238 g/mol. The lowest BCUT2D eigenvalue weighted by Gasteiger charge is -2.10. The summed E-state index contributed by atoms with van der Waals surface area (Å²) in [5, 5.41) is 2.76. The number of benzene rings is 1. The molecule has 0 aliphatic rings. The summed E-state index contributed by atoms with van der Waals surface area (Å²) >= 11 is 0. The van der Waals surface area contributed by atoms with Gasteiger partial charge in [-0.25, -0.2) is 4.79 Å². The van der Waals surface area contributed by atoms with Crippen molar-refractivity contribution in [3.8, 4) is 0 Å². The fourth-order valence-corrected chi connectivity index (χ4v) is 2.12. The summed E-state index contributed by atoms with van der Waals surface area (Å²) in [4.78, 5) is 11.2. The van der Waals surface area contributed by atoms with E-state index in [1.54, 1.807) is 0 Å². The zero-order valence-corrected chi connectivity index (χ0v) is 12.1. The van der Waals surface area contributed by atoms with Gasteiger partial charge in [0.1, 0.15) is 0 Å². The number of anilines is 1. The monoisotopic (exact) mass is 263 g/mol. The van der Waals surface area contributed by atoms with E-state index < -0.39 is 6.09 Å². The van der Waals surface area contributed by atoms with Gasteiger partial charge < -0.3 is 4.74 Å². The van der Waals surface area contributed by atoms with E-state index >= 15 is 0 Å². The molecule has 106 valence electrons. The molecular formula is C16H25NO2. The average Bonchev–Trinajstić information content (AvgIpc) is 2.44. The van der Waals surface area contributed by atoms with Crippen molar-refractivity contribution >= 4 is 11.8 Å². The predicted molar refractivity (Wildman–Crippen MR) is 79.5 cm³/mol. The van der Waals surface area contributed by atoms with E-state index in [4.69, 9.17) is 0 Å². The first-order chi connectivity index (χ1) is 9.27. The predicted octanol–water partition coefficient (Wildman–Crippen LogP) is 4.77. The second-order valence-corrected chi connectivity index (χ2v) is 4.79. The van der Waals surface area contributed by atoms with Crippen molar-refractivity contribution in [1.82, 2.24) is 0 Å². The summed E-state index contributed by atoms with van der Waals surface area (Å²) < 4.78 is 4.63. The lowest BCUT2D eigenvalue weighted by Crippen LogP contribution is -2.12. The zero-order valence-electron chi connectivity index (χ0n) is 12.1. The lowest BCUT2D eigenvalue weighted by atomic mass is 10.0. The molecule has 3 heteroatoms. The van der Waals surface area contributed by atoms with Crippen molar-refractivity contribution < 1.29 is 9.53 Å². The first-order valence-corrected chi connectivity index (χ1v) is 7.20. The Morgan fingerprint density at radius 1 is 1.11 bits per heavy atom. The van der Waals surface area contributed by atoms with E-state index in [1.165, 1.54) is 51.2 Å². The number of aryl methyl sites for hydroxylation is 1. The first-order valence-electron chi connectivity index (χ1n) is 7.20. The van der Waals surface area contributed by atoms with Gasteiger partial charge in [0.05, 0.1) is 7.11 Å². The van der Waals surface area contributed by atoms with Crippen LogP contribution < -0.4 is 5.32 Å². The van der Waals surface area contributed by atoms with Crippen molar-refractivity contribution in [2.45, 2.75) is 51.9 Å². The Hall–Kier alpha value is -1.51. The lowest BCUT2D eigenvalue weighted by molar-refractivity contribution is 0.187. The number of para-hydroxylation sites is 1. The van der Waals surface area contributed by atoms with Crippen molar-refractivity contribution in [3.05, 3.63) is 29.8 Å². The van der Waals surface area contributed by atoms with Crippen LogP contribution in [-0.4, -0.2) is 13.2 Å². The fourth-order valence-electron chi connectivity index (χ4n) is 2.12. The molecule has 1 aromatic rings. The number of amides is 1. The molecule has 1 aromatic carbocycles. The molecule has 1 rings (SSSR count). The van der Waals surface area contributed by atoms with Crippen molar-refractivity contribution in [2.24, 2.45) is 0 Å². The van der Waals surface area contributed by atoms with E-state index in [2.05, 4.69) is 23.0 Å². The van der Waals surface area contributed by atoms with Crippen LogP contribution in [0.2, 0.25) is 0 Å². The number of methoxy groups -OCH3 is 1. The number of unbranched alkanes of at least 4 members (excludes halogenated alkanes) is 5. The normalized spacial score (nSPS) is 10.2. The summed E-state index contributed by atoms with van der Waals surface area (Å²) in [5.74, 6) is 0. The van der Waals surface area contributed by atoms with Crippen LogP contribution in [0.3, 0.4) is 0 Å². The smallest absolute Gasteiger partial charge is 0.411 e. The first kappa shape index (κ1) is 15.5. The molecule has 0 radical (unpaired) electrons. The number of ether oxygens (including phenoxy) is 1. The van der Waals surface area contributed by atoms with Crippen LogP contribution in [0.1, 0.15) is 51.0 Å². The molecule has 0 fully saturated rings. The SMILES string of the molecule is CCCCCCCCc1ccccc1NC(=O)OC. The highest BCUT2D eigenvalue weighted by molar-refractivity contribution is 5.85. The zero-order chi connectivity index (χ0) is 13.9. The van der Waals surface area contributed by atoms with E-state index in [0.717, 1.165) is 12.1 Å². The average molecular weight is 263 g/mol. The third-order valence-electron chi connectivity index (χ3n) is 3.24. The van der Waals surface area contributed by atoms with Gasteiger partial charge in [-0.15, -0.1) is 0 Å². The molecule has 3 nitrogen and oxygen atoms in total. The van der Waals surface area contributed by atoms with Gasteiger partial charge >= 0.3 is 6.09 Å². The highest BCUT2D eigenvalue weighted by Gasteiger charge is 2.05. The molecule has 19 heavy (non-hydrogen) atoms. The van der Waals surface area contributed by atoms with Gasteiger partial charge in [-0.1, -0.05) is 57.2 Å². The maximum absolute atomic E-state index is 11.2. The maximum Gasteiger partial charge on any atom is 0.411 e. The summed E-state index contributed by atoms with van der Waals surface area (Å²) in [6, 6.07) is 7.92. The third-order valence-corrected chi connectivity index (χ3v) is 3.24. The summed E-state index contributed by atoms with van der Waals surface area (Å²) in [6.45, 7) is 2.23. The van der Waals surface area contributed by atoms with Crippen LogP contribution in [0, 0.1) is 0 Å². The minimum Gasteiger partial charge on any atom is -0.453 e. The second kappa shape index (κ2) is 9.42. The van der Waals surface area contributed by atoms with Crippen LogP contribution in [0.15, 0.2) is 24.3 Å². The summed E-state index contributed by atoms with van der Waals surface area (Å²) in [6.07, 6.45) is 8.28. The Morgan fingerprint density at radius 2 is 1.79 bits per heavy atom. The van der Waals surface area contributed by atoms with Gasteiger partial charge in [0.15, 0.2) is 0 Å². The molecule has 1 N–H and O–H groups in total. The Balaban J connectivity index is 2.38. The molecule has 0 saturated heterocycles. The topological polar surface area (TPSA) is 38.3 Å². The highest BCUT2D eigenvalue weighted by atomic mass is 16.5. The largest absolute Gasteiger partial charge is 0.453 e. The Labute approximate surface area is 116 Å². The minimum absolute atomic E-state index is 0.407. The van der Waals surface area contributed by atoms with Gasteiger partial charge in [-0.05, 0) is 24.5 Å². The minimum atomic E-state index is -0.407. The van der Waals surface area contributed by atoms with Crippen molar-refractivity contribution in [3.63, 3.8) is 0 Å². The number of hydrogen-bond donors (Lipinski definition) is 1. The van der Waals surface area contributed by atoms with E-state index in [-0.39, 0.29) is 0 Å². The number of carbonyl (C=O) groups excluding carboxylic acids is 1. The second-order valence-electron chi connectivity index (χ2n) is 4.79. The molecule has 0 atom stereocenters. The fraction of sp³-hybridized carbons (Fsp3) is 0.562. The highest BCUT2D eigenvalue weighted by Crippen LogP contribution is 2.18. The van der Waals surface area contributed by atoms with Crippen LogP contribution >= 0.6 is 0 Å². The molecule has 0 heterocycles. The van der Waals surface area contributed by atoms with Gasteiger partial charge in [0.2, 0.25) is 0 Å². The number of carbonyl (C=O) groups is 1. The van der Waals surface area contributed by atoms with Gasteiger partial charge in [0.25, 0.3) is 0 Å². The number of nitrogens with one attached hydrogen (secondary N) is 1. The molecule has 0 aliphatic carbocycles. The summed E-state index contributed by atoms with van der Waals surface area (Å²) in [5.41, 5.74) is 2.05. The van der Waals surface area contributed by atoms with Crippen LogP contribution in [0.5, 0.6) is 0 Å². The molecule has 0 saturated carbocycles.